The van der Waals surface area contributed by atoms with Crippen molar-refractivity contribution in [2.75, 3.05) is 0 Å². The van der Waals surface area contributed by atoms with E-state index in [-0.39, 0.29) is 0 Å². The van der Waals surface area contributed by atoms with Crippen LogP contribution in [0.3, 0.4) is 0 Å². The zero-order valence-corrected chi connectivity index (χ0v) is 13.0. The third-order valence-corrected chi connectivity index (χ3v) is 3.43. The molecular formula is C19H26O2. The zero-order valence-electron chi connectivity index (χ0n) is 13.0. The number of furan rings is 1. The number of hydrogen-bond donors (Lipinski definition) is 1. The number of unbranched alkanes of at least 4 members (excludes halogenated alkanes) is 7. The summed E-state index contributed by atoms with van der Waals surface area (Å²) >= 11 is 0. The number of terminal acetylenes is 1. The van der Waals surface area contributed by atoms with Crippen molar-refractivity contribution in [3.05, 3.63) is 23.7 Å². The molecule has 0 amide bonds. The highest BCUT2D eigenvalue weighted by Gasteiger charge is 2.00. The van der Waals surface area contributed by atoms with Crippen LogP contribution < -0.4 is 0 Å². The Hall–Kier alpha value is -1.64. The van der Waals surface area contributed by atoms with E-state index < -0.39 is 6.10 Å². The Labute approximate surface area is 128 Å². The maximum absolute atomic E-state index is 9.15. The van der Waals surface area contributed by atoms with Gasteiger partial charge in [-0.1, -0.05) is 57.8 Å². The lowest BCUT2D eigenvalue weighted by Crippen LogP contribution is -1.96. The number of aliphatic hydroxyl groups excluding tert-OH is 1. The molecule has 0 aromatic carbocycles. The third-order valence-electron chi connectivity index (χ3n) is 3.43. The minimum atomic E-state index is -1.02. The van der Waals surface area contributed by atoms with Gasteiger partial charge in [-0.3, -0.25) is 0 Å². The average molecular weight is 286 g/mol. The zero-order chi connectivity index (χ0) is 15.3. The number of aryl methyl sites for hydroxylation is 1. The van der Waals surface area contributed by atoms with E-state index in [4.69, 9.17) is 15.9 Å². The molecule has 2 heteroatoms. The van der Waals surface area contributed by atoms with Gasteiger partial charge in [-0.25, -0.2) is 0 Å². The van der Waals surface area contributed by atoms with Crippen molar-refractivity contribution >= 4 is 0 Å². The highest BCUT2D eigenvalue weighted by Crippen LogP contribution is 2.13. The molecule has 114 valence electrons. The minimum Gasteiger partial charge on any atom is -0.453 e. The fourth-order valence-electron chi connectivity index (χ4n) is 2.19. The Morgan fingerprint density at radius 3 is 2.43 bits per heavy atom. The van der Waals surface area contributed by atoms with Gasteiger partial charge in [0.2, 0.25) is 0 Å². The lowest BCUT2D eigenvalue weighted by atomic mass is 10.1. The van der Waals surface area contributed by atoms with Crippen LogP contribution in [0.5, 0.6) is 0 Å². The van der Waals surface area contributed by atoms with Crippen LogP contribution in [0.2, 0.25) is 0 Å². The summed E-state index contributed by atoms with van der Waals surface area (Å²) in [7, 11) is 0. The first-order valence-electron chi connectivity index (χ1n) is 8.00. The second-order valence-corrected chi connectivity index (χ2v) is 5.33. The van der Waals surface area contributed by atoms with Crippen molar-refractivity contribution in [3.8, 4) is 24.2 Å². The van der Waals surface area contributed by atoms with Gasteiger partial charge in [0.15, 0.2) is 11.9 Å². The SMILES string of the molecule is C#CC(O)C#Cc1ccc(CCCCCCCCCC)o1. The first kappa shape index (κ1) is 17.4. The van der Waals surface area contributed by atoms with Crippen LogP contribution in [0.1, 0.15) is 69.8 Å². The average Bonchev–Trinajstić information content (AvgIpc) is 2.95. The van der Waals surface area contributed by atoms with E-state index in [0.717, 1.165) is 18.6 Å². The van der Waals surface area contributed by atoms with Crippen molar-refractivity contribution < 1.29 is 9.52 Å². The summed E-state index contributed by atoms with van der Waals surface area (Å²) in [5, 5.41) is 9.15. The minimum absolute atomic E-state index is 0.568. The normalized spacial score (nSPS) is 11.5. The lowest BCUT2D eigenvalue weighted by Gasteiger charge is -2.00. The molecule has 1 N–H and O–H groups in total. The fraction of sp³-hybridized carbons (Fsp3) is 0.579. The number of rotatable bonds is 9. The van der Waals surface area contributed by atoms with Gasteiger partial charge in [-0.05, 0) is 30.4 Å². The predicted octanol–water partition coefficient (Wildman–Crippen LogP) is 4.31. The molecule has 0 saturated carbocycles. The highest BCUT2D eigenvalue weighted by atomic mass is 16.3. The van der Waals surface area contributed by atoms with E-state index in [1.54, 1.807) is 0 Å². The van der Waals surface area contributed by atoms with Crippen molar-refractivity contribution in [2.45, 2.75) is 70.8 Å². The van der Waals surface area contributed by atoms with Crippen molar-refractivity contribution in [1.29, 1.82) is 0 Å². The Morgan fingerprint density at radius 1 is 1.10 bits per heavy atom. The Balaban J connectivity index is 2.14. The largest absolute Gasteiger partial charge is 0.453 e. The van der Waals surface area contributed by atoms with Gasteiger partial charge in [0.1, 0.15) is 5.76 Å². The molecule has 0 aliphatic carbocycles. The summed E-state index contributed by atoms with van der Waals surface area (Å²) in [5.41, 5.74) is 0. The quantitative estimate of drug-likeness (QED) is 0.542. The molecule has 1 atom stereocenters. The molecule has 2 nitrogen and oxygen atoms in total. The summed E-state index contributed by atoms with van der Waals surface area (Å²) in [6.45, 7) is 2.25. The Morgan fingerprint density at radius 2 is 1.76 bits per heavy atom. The molecule has 0 aliphatic rings. The van der Waals surface area contributed by atoms with Gasteiger partial charge >= 0.3 is 0 Å². The van der Waals surface area contributed by atoms with E-state index in [1.165, 1.54) is 44.9 Å². The second-order valence-electron chi connectivity index (χ2n) is 5.33. The lowest BCUT2D eigenvalue weighted by molar-refractivity contribution is 0.289. The third kappa shape index (κ3) is 8.28. The van der Waals surface area contributed by atoms with E-state index in [9.17, 15) is 0 Å². The van der Waals surface area contributed by atoms with Crippen molar-refractivity contribution in [3.63, 3.8) is 0 Å². The topological polar surface area (TPSA) is 33.4 Å². The van der Waals surface area contributed by atoms with Gasteiger partial charge in [0.25, 0.3) is 0 Å². The summed E-state index contributed by atoms with van der Waals surface area (Å²) in [4.78, 5) is 0. The van der Waals surface area contributed by atoms with Crippen LogP contribution in [0, 0.1) is 24.2 Å². The molecule has 1 heterocycles. The Bertz CT molecular complexity index is 482. The standard InChI is InChI=1S/C19H26O2/c1-3-5-6-7-8-9-10-11-12-18-15-16-19(21-18)14-13-17(20)4-2/h2,15-17,20H,3,5-12H2,1H3. The van der Waals surface area contributed by atoms with Crippen LogP contribution in [0.25, 0.3) is 0 Å². The van der Waals surface area contributed by atoms with Gasteiger partial charge in [0.05, 0.1) is 0 Å². The first-order valence-corrected chi connectivity index (χ1v) is 8.00. The number of hydrogen-bond acceptors (Lipinski definition) is 2. The summed E-state index contributed by atoms with van der Waals surface area (Å²) in [6.07, 6.45) is 15.5. The molecule has 1 aromatic heterocycles. The second kappa shape index (κ2) is 11.1. The van der Waals surface area contributed by atoms with E-state index in [0.29, 0.717) is 5.76 Å². The maximum atomic E-state index is 9.15. The molecule has 0 radical (unpaired) electrons. The summed E-state index contributed by atoms with van der Waals surface area (Å²) < 4.78 is 5.58. The first-order chi connectivity index (χ1) is 10.3. The smallest absolute Gasteiger partial charge is 0.177 e. The molecule has 0 aliphatic heterocycles. The molecule has 1 aromatic rings. The molecule has 0 bridgehead atoms. The summed E-state index contributed by atoms with van der Waals surface area (Å²) in [5.74, 6) is 8.95. The Kier molecular flexibility index (Phi) is 9.18. The van der Waals surface area contributed by atoms with Crippen LogP contribution in [0.4, 0.5) is 0 Å². The van der Waals surface area contributed by atoms with Gasteiger partial charge in [-0.15, -0.1) is 6.42 Å². The van der Waals surface area contributed by atoms with E-state index in [1.807, 2.05) is 12.1 Å². The molecular weight excluding hydrogens is 260 g/mol. The maximum Gasteiger partial charge on any atom is 0.177 e. The molecule has 21 heavy (non-hydrogen) atoms. The molecule has 0 spiro atoms. The monoisotopic (exact) mass is 286 g/mol. The van der Waals surface area contributed by atoms with E-state index in [2.05, 4.69) is 24.7 Å². The summed E-state index contributed by atoms with van der Waals surface area (Å²) in [6, 6.07) is 3.78. The van der Waals surface area contributed by atoms with Gasteiger partial charge in [0, 0.05) is 6.42 Å². The molecule has 0 saturated heterocycles. The van der Waals surface area contributed by atoms with Crippen molar-refractivity contribution in [2.24, 2.45) is 0 Å². The van der Waals surface area contributed by atoms with Crippen LogP contribution in [-0.4, -0.2) is 11.2 Å². The number of aliphatic hydroxyl groups is 1. The van der Waals surface area contributed by atoms with Gasteiger partial charge in [-0.2, -0.15) is 0 Å². The van der Waals surface area contributed by atoms with Crippen LogP contribution in [0.15, 0.2) is 16.5 Å². The highest BCUT2D eigenvalue weighted by molar-refractivity contribution is 5.30. The van der Waals surface area contributed by atoms with Crippen LogP contribution in [-0.2, 0) is 6.42 Å². The van der Waals surface area contributed by atoms with Gasteiger partial charge < -0.3 is 9.52 Å². The molecule has 0 fully saturated rings. The predicted molar refractivity (Wildman–Crippen MR) is 86.7 cm³/mol. The van der Waals surface area contributed by atoms with Crippen LogP contribution >= 0.6 is 0 Å². The fourth-order valence-corrected chi connectivity index (χ4v) is 2.19. The van der Waals surface area contributed by atoms with E-state index >= 15 is 0 Å². The molecule has 1 rings (SSSR count). The molecule has 1 unspecified atom stereocenters. The van der Waals surface area contributed by atoms with Crippen molar-refractivity contribution in [1.82, 2.24) is 0 Å².